The molecule has 1 aromatic rings. The van der Waals surface area contributed by atoms with Gasteiger partial charge in [-0.15, -0.1) is 0 Å². The van der Waals surface area contributed by atoms with E-state index in [4.69, 9.17) is 4.74 Å². The fourth-order valence-electron chi connectivity index (χ4n) is 2.18. The maximum Gasteiger partial charge on any atom is 0.127 e. The highest BCUT2D eigenvalue weighted by Gasteiger charge is 2.20. The molecule has 2 rings (SSSR count). The number of hydrogen-bond donors (Lipinski definition) is 1. The maximum atomic E-state index is 13.5. The second kappa shape index (κ2) is 6.22. The van der Waals surface area contributed by atoms with Gasteiger partial charge in [0.1, 0.15) is 11.6 Å². The Kier molecular flexibility index (Phi) is 4.63. The minimum absolute atomic E-state index is 0.111. The van der Waals surface area contributed by atoms with E-state index in [9.17, 15) is 8.78 Å². The Labute approximate surface area is 106 Å². The van der Waals surface area contributed by atoms with Gasteiger partial charge in [0.2, 0.25) is 0 Å². The summed E-state index contributed by atoms with van der Waals surface area (Å²) < 4.78 is 32.2. The highest BCUT2D eigenvalue weighted by molar-refractivity contribution is 5.18. The van der Waals surface area contributed by atoms with Crippen molar-refractivity contribution >= 4 is 0 Å². The molecule has 0 bridgehead atoms. The van der Waals surface area contributed by atoms with Crippen molar-refractivity contribution in [2.75, 3.05) is 33.3 Å². The van der Waals surface area contributed by atoms with Gasteiger partial charge in [-0.3, -0.25) is 4.90 Å². The predicted molar refractivity (Wildman–Crippen MR) is 65.3 cm³/mol. The normalized spacial score (nSPS) is 21.2. The molecular weight excluding hydrogens is 238 g/mol. The van der Waals surface area contributed by atoms with Crippen LogP contribution in [0, 0.1) is 11.6 Å². The van der Waals surface area contributed by atoms with Gasteiger partial charge in [-0.25, -0.2) is 8.78 Å². The molecule has 1 atom stereocenters. The molecule has 0 aliphatic carbocycles. The molecule has 1 heterocycles. The highest BCUT2D eigenvalue weighted by Crippen LogP contribution is 2.14. The molecule has 1 aromatic carbocycles. The smallest absolute Gasteiger partial charge is 0.127 e. The Morgan fingerprint density at radius 1 is 1.44 bits per heavy atom. The molecule has 1 aliphatic heterocycles. The van der Waals surface area contributed by atoms with Gasteiger partial charge in [0.15, 0.2) is 0 Å². The van der Waals surface area contributed by atoms with E-state index in [1.807, 2.05) is 7.05 Å². The van der Waals surface area contributed by atoms with E-state index in [0.29, 0.717) is 18.7 Å². The van der Waals surface area contributed by atoms with Crippen molar-refractivity contribution < 1.29 is 13.5 Å². The molecule has 100 valence electrons. The molecular formula is C13H18F2N2O. The van der Waals surface area contributed by atoms with Crippen LogP contribution in [0.25, 0.3) is 0 Å². The molecule has 5 heteroatoms. The molecule has 18 heavy (non-hydrogen) atoms. The Morgan fingerprint density at radius 3 is 3.06 bits per heavy atom. The summed E-state index contributed by atoms with van der Waals surface area (Å²) in [6.07, 6.45) is 0.111. The minimum Gasteiger partial charge on any atom is -0.374 e. The average molecular weight is 256 g/mol. The lowest BCUT2D eigenvalue weighted by Crippen LogP contribution is -2.45. The molecule has 1 N–H and O–H groups in total. The van der Waals surface area contributed by atoms with Crippen molar-refractivity contribution in [1.82, 2.24) is 10.2 Å². The molecule has 1 fully saturated rings. The molecule has 0 spiro atoms. The van der Waals surface area contributed by atoms with E-state index in [2.05, 4.69) is 10.2 Å². The molecule has 0 radical (unpaired) electrons. The van der Waals surface area contributed by atoms with Gasteiger partial charge >= 0.3 is 0 Å². The molecule has 0 aromatic heterocycles. The van der Waals surface area contributed by atoms with Gasteiger partial charge in [-0.05, 0) is 25.2 Å². The summed E-state index contributed by atoms with van der Waals surface area (Å²) in [5.74, 6) is -0.750. The van der Waals surface area contributed by atoms with Gasteiger partial charge in [0, 0.05) is 31.7 Å². The Morgan fingerprint density at radius 2 is 2.28 bits per heavy atom. The number of morpholine rings is 1. The monoisotopic (exact) mass is 256 g/mol. The lowest BCUT2D eigenvalue weighted by atomic mass is 10.1. The zero-order valence-corrected chi connectivity index (χ0v) is 10.5. The fraction of sp³-hybridized carbons (Fsp3) is 0.538. The van der Waals surface area contributed by atoms with Gasteiger partial charge in [0.05, 0.1) is 12.7 Å². The van der Waals surface area contributed by atoms with Crippen LogP contribution >= 0.6 is 0 Å². The van der Waals surface area contributed by atoms with E-state index in [1.54, 1.807) is 0 Å². The van der Waals surface area contributed by atoms with Crippen LogP contribution in [0.1, 0.15) is 5.56 Å². The van der Waals surface area contributed by atoms with E-state index >= 15 is 0 Å². The molecule has 0 saturated carbocycles. The van der Waals surface area contributed by atoms with Crippen molar-refractivity contribution in [3.05, 3.63) is 35.4 Å². The number of rotatable bonds is 4. The maximum absolute atomic E-state index is 13.5. The molecule has 0 amide bonds. The average Bonchev–Trinajstić information content (AvgIpc) is 2.35. The topological polar surface area (TPSA) is 24.5 Å². The first kappa shape index (κ1) is 13.4. The van der Waals surface area contributed by atoms with Crippen LogP contribution in [0.4, 0.5) is 8.78 Å². The first-order valence-corrected chi connectivity index (χ1v) is 6.11. The Balaban J connectivity index is 1.98. The second-order valence-electron chi connectivity index (χ2n) is 4.52. The van der Waals surface area contributed by atoms with E-state index < -0.39 is 5.82 Å². The molecule has 1 saturated heterocycles. The van der Waals surface area contributed by atoms with E-state index in [0.717, 1.165) is 25.7 Å². The number of nitrogens with zero attached hydrogens (tertiary/aromatic N) is 1. The van der Waals surface area contributed by atoms with Gasteiger partial charge in [0.25, 0.3) is 0 Å². The quantitative estimate of drug-likeness (QED) is 0.881. The van der Waals surface area contributed by atoms with Crippen LogP contribution in [0.15, 0.2) is 18.2 Å². The van der Waals surface area contributed by atoms with E-state index in [1.165, 1.54) is 12.1 Å². The third kappa shape index (κ3) is 3.48. The lowest BCUT2D eigenvalue weighted by Gasteiger charge is -2.32. The zero-order valence-electron chi connectivity index (χ0n) is 10.5. The van der Waals surface area contributed by atoms with Crippen LogP contribution in [-0.2, 0) is 11.3 Å². The summed E-state index contributed by atoms with van der Waals surface area (Å²) in [5.41, 5.74) is 0.403. The first-order chi connectivity index (χ1) is 8.69. The van der Waals surface area contributed by atoms with Crippen molar-refractivity contribution in [1.29, 1.82) is 0 Å². The largest absolute Gasteiger partial charge is 0.374 e. The fourth-order valence-corrected chi connectivity index (χ4v) is 2.18. The summed E-state index contributed by atoms with van der Waals surface area (Å²) in [4.78, 5) is 2.09. The SMILES string of the molecule is CNCC1CN(Cc2cc(F)ccc2F)CCO1. The summed E-state index contributed by atoms with van der Waals surface area (Å²) in [6.45, 7) is 3.30. The van der Waals surface area contributed by atoms with Crippen molar-refractivity contribution in [3.63, 3.8) is 0 Å². The number of likely N-dealkylation sites (N-methyl/N-ethyl adjacent to an activating group) is 1. The number of halogens is 2. The second-order valence-corrected chi connectivity index (χ2v) is 4.52. The lowest BCUT2D eigenvalue weighted by molar-refractivity contribution is -0.0294. The van der Waals surface area contributed by atoms with Gasteiger partial charge in [-0.2, -0.15) is 0 Å². The van der Waals surface area contributed by atoms with Crippen molar-refractivity contribution in [2.24, 2.45) is 0 Å². The molecule has 1 aliphatic rings. The van der Waals surface area contributed by atoms with Crippen molar-refractivity contribution in [2.45, 2.75) is 12.6 Å². The third-order valence-electron chi connectivity index (χ3n) is 3.06. The molecule has 3 nitrogen and oxygen atoms in total. The standard InChI is InChI=1S/C13H18F2N2O/c1-16-7-12-9-17(4-5-18-12)8-10-6-11(14)2-3-13(10)15/h2-3,6,12,16H,4-5,7-9H2,1H3. The summed E-state index contributed by atoms with van der Waals surface area (Å²) >= 11 is 0. The third-order valence-corrected chi connectivity index (χ3v) is 3.06. The number of benzene rings is 1. The number of ether oxygens (including phenoxy) is 1. The van der Waals surface area contributed by atoms with Crippen molar-refractivity contribution in [3.8, 4) is 0 Å². The van der Waals surface area contributed by atoms with Crippen LogP contribution in [0.3, 0.4) is 0 Å². The summed E-state index contributed by atoms with van der Waals surface area (Å²) in [6, 6.07) is 3.58. The minimum atomic E-state index is -0.397. The van der Waals surface area contributed by atoms with E-state index in [-0.39, 0.29) is 11.9 Å². The zero-order chi connectivity index (χ0) is 13.0. The summed E-state index contributed by atoms with van der Waals surface area (Å²) in [7, 11) is 1.87. The predicted octanol–water partition coefficient (Wildman–Crippen LogP) is 1.38. The first-order valence-electron chi connectivity index (χ1n) is 6.11. The Bertz CT molecular complexity index is 399. The molecule has 1 unspecified atom stereocenters. The van der Waals surface area contributed by atoms with Crippen LogP contribution in [-0.4, -0.2) is 44.3 Å². The summed E-state index contributed by atoms with van der Waals surface area (Å²) in [5, 5.41) is 3.06. The number of nitrogens with one attached hydrogen (secondary N) is 1. The van der Waals surface area contributed by atoms with Gasteiger partial charge < -0.3 is 10.1 Å². The highest BCUT2D eigenvalue weighted by atomic mass is 19.1. The van der Waals surface area contributed by atoms with Crippen LogP contribution < -0.4 is 5.32 Å². The van der Waals surface area contributed by atoms with Gasteiger partial charge in [-0.1, -0.05) is 0 Å². The van der Waals surface area contributed by atoms with Crippen LogP contribution in [0.5, 0.6) is 0 Å². The number of hydrogen-bond acceptors (Lipinski definition) is 3. The Hall–Kier alpha value is -1.04. The van der Waals surface area contributed by atoms with Crippen LogP contribution in [0.2, 0.25) is 0 Å².